The second kappa shape index (κ2) is 7.58. The fourth-order valence-electron chi connectivity index (χ4n) is 4.27. The molecule has 2 aromatic rings. The van der Waals surface area contributed by atoms with Gasteiger partial charge in [0.15, 0.2) is 0 Å². The molecule has 1 atom stereocenters. The summed E-state index contributed by atoms with van der Waals surface area (Å²) in [5.41, 5.74) is 4.78. The highest BCUT2D eigenvalue weighted by Crippen LogP contribution is 2.25. The van der Waals surface area contributed by atoms with Gasteiger partial charge in [0.25, 0.3) is 5.91 Å². The molecule has 1 fully saturated rings. The van der Waals surface area contributed by atoms with Crippen molar-refractivity contribution >= 4 is 5.91 Å². The monoisotopic (exact) mass is 349 g/mol. The summed E-state index contributed by atoms with van der Waals surface area (Å²) in [6.07, 6.45) is 6.17. The Bertz CT molecular complexity index is 780. The third kappa shape index (κ3) is 3.51. The number of nitrogens with zero attached hydrogens (tertiary/aromatic N) is 3. The Balaban J connectivity index is 1.36. The summed E-state index contributed by atoms with van der Waals surface area (Å²) in [7, 11) is 0. The van der Waals surface area contributed by atoms with Crippen molar-refractivity contribution in [3.63, 3.8) is 0 Å². The Labute approximate surface area is 155 Å². The largest absolute Gasteiger partial charge is 0.336 e. The summed E-state index contributed by atoms with van der Waals surface area (Å²) < 4.78 is 0. The van der Waals surface area contributed by atoms with Gasteiger partial charge < -0.3 is 4.90 Å². The lowest BCUT2D eigenvalue weighted by molar-refractivity contribution is 0.0553. The highest BCUT2D eigenvalue weighted by atomic mass is 16.2. The number of benzene rings is 1. The van der Waals surface area contributed by atoms with Crippen molar-refractivity contribution in [3.05, 3.63) is 65.0 Å². The zero-order chi connectivity index (χ0) is 17.9. The van der Waals surface area contributed by atoms with Crippen molar-refractivity contribution in [1.82, 2.24) is 14.8 Å². The number of hydrogen-bond donors (Lipinski definition) is 0. The molecule has 1 aliphatic heterocycles. The van der Waals surface area contributed by atoms with Crippen molar-refractivity contribution in [2.45, 2.75) is 38.6 Å². The average molecular weight is 349 g/mol. The third-order valence-electron chi connectivity index (χ3n) is 5.86. The molecule has 26 heavy (non-hydrogen) atoms. The summed E-state index contributed by atoms with van der Waals surface area (Å²) in [6, 6.07) is 13.2. The van der Waals surface area contributed by atoms with Gasteiger partial charge in [0.1, 0.15) is 0 Å². The molecular formula is C22H27N3O. The summed E-state index contributed by atoms with van der Waals surface area (Å²) in [5.74, 6) is 0.149. The summed E-state index contributed by atoms with van der Waals surface area (Å²) in [4.78, 5) is 21.7. The molecule has 4 heteroatoms. The molecule has 1 aliphatic carbocycles. The Kier molecular flexibility index (Phi) is 5.02. The lowest BCUT2D eigenvalue weighted by Gasteiger charge is -2.41. The van der Waals surface area contributed by atoms with Crippen molar-refractivity contribution in [2.75, 3.05) is 26.2 Å². The number of amides is 1. The van der Waals surface area contributed by atoms with Gasteiger partial charge >= 0.3 is 0 Å². The topological polar surface area (TPSA) is 36.4 Å². The standard InChI is InChI=1S/C22H27N3O/c1-2-20-15-19(9-10-23-20)22(26)25-13-11-24(12-14-25)21-8-7-17-5-3-4-6-18(17)16-21/h3-6,9-10,15,21H,2,7-8,11-14,16H2,1H3. The van der Waals surface area contributed by atoms with Crippen LogP contribution < -0.4 is 0 Å². The van der Waals surface area contributed by atoms with Crippen LogP contribution in [0.4, 0.5) is 0 Å². The smallest absolute Gasteiger partial charge is 0.254 e. The van der Waals surface area contributed by atoms with Gasteiger partial charge in [0, 0.05) is 49.7 Å². The van der Waals surface area contributed by atoms with Crippen LogP contribution in [-0.4, -0.2) is 52.9 Å². The van der Waals surface area contributed by atoms with Crippen LogP contribution in [0.5, 0.6) is 0 Å². The number of aromatic nitrogens is 1. The molecule has 136 valence electrons. The number of fused-ring (bicyclic) bond motifs is 1. The zero-order valence-electron chi connectivity index (χ0n) is 15.5. The zero-order valence-corrected chi connectivity index (χ0v) is 15.5. The van der Waals surface area contributed by atoms with Gasteiger partial charge in [-0.05, 0) is 48.9 Å². The fourth-order valence-corrected chi connectivity index (χ4v) is 4.27. The number of carbonyl (C=O) groups is 1. The molecule has 2 aliphatic rings. The molecule has 0 saturated carbocycles. The molecule has 0 N–H and O–H groups in total. The third-order valence-corrected chi connectivity index (χ3v) is 5.86. The average Bonchev–Trinajstić information content (AvgIpc) is 2.73. The van der Waals surface area contributed by atoms with E-state index in [4.69, 9.17) is 0 Å². The van der Waals surface area contributed by atoms with E-state index in [1.807, 2.05) is 17.0 Å². The number of rotatable bonds is 3. The number of aryl methyl sites for hydroxylation is 2. The van der Waals surface area contributed by atoms with E-state index in [0.29, 0.717) is 6.04 Å². The number of piperazine rings is 1. The molecule has 4 nitrogen and oxygen atoms in total. The van der Waals surface area contributed by atoms with Gasteiger partial charge in [-0.15, -0.1) is 0 Å². The van der Waals surface area contributed by atoms with Crippen molar-refractivity contribution in [2.24, 2.45) is 0 Å². The van der Waals surface area contributed by atoms with Crippen LogP contribution in [0.15, 0.2) is 42.6 Å². The number of pyridine rings is 1. The van der Waals surface area contributed by atoms with Crippen LogP contribution >= 0.6 is 0 Å². The maximum absolute atomic E-state index is 12.8. The number of carbonyl (C=O) groups excluding carboxylic acids is 1. The highest BCUT2D eigenvalue weighted by molar-refractivity contribution is 5.94. The van der Waals surface area contributed by atoms with Gasteiger partial charge in [-0.3, -0.25) is 14.7 Å². The van der Waals surface area contributed by atoms with Gasteiger partial charge in [-0.1, -0.05) is 31.2 Å². The van der Waals surface area contributed by atoms with Crippen molar-refractivity contribution < 1.29 is 4.79 Å². The van der Waals surface area contributed by atoms with Crippen LogP contribution in [-0.2, 0) is 19.3 Å². The molecule has 0 radical (unpaired) electrons. The molecule has 4 rings (SSSR count). The molecular weight excluding hydrogens is 322 g/mol. The van der Waals surface area contributed by atoms with Crippen molar-refractivity contribution in [3.8, 4) is 0 Å². The van der Waals surface area contributed by atoms with Crippen LogP contribution in [0, 0.1) is 0 Å². The first-order valence-electron chi connectivity index (χ1n) is 9.79. The van der Waals surface area contributed by atoms with Gasteiger partial charge in [0.2, 0.25) is 0 Å². The minimum Gasteiger partial charge on any atom is -0.336 e. The van der Waals surface area contributed by atoms with Gasteiger partial charge in [-0.2, -0.15) is 0 Å². The van der Waals surface area contributed by atoms with Crippen molar-refractivity contribution in [1.29, 1.82) is 0 Å². The van der Waals surface area contributed by atoms with E-state index in [-0.39, 0.29) is 5.91 Å². The van der Waals surface area contributed by atoms with Crippen LogP contribution in [0.1, 0.15) is 40.5 Å². The van der Waals surface area contributed by atoms with E-state index < -0.39 is 0 Å². The molecule has 1 aromatic carbocycles. The summed E-state index contributed by atoms with van der Waals surface area (Å²) in [5, 5.41) is 0. The lowest BCUT2D eigenvalue weighted by atomic mass is 9.87. The first-order chi connectivity index (χ1) is 12.7. The lowest BCUT2D eigenvalue weighted by Crippen LogP contribution is -2.53. The maximum atomic E-state index is 12.8. The Morgan fingerprint density at radius 2 is 1.88 bits per heavy atom. The van der Waals surface area contributed by atoms with Gasteiger partial charge in [-0.25, -0.2) is 0 Å². The van der Waals surface area contributed by atoms with Crippen LogP contribution in [0.25, 0.3) is 0 Å². The predicted molar refractivity (Wildman–Crippen MR) is 103 cm³/mol. The quantitative estimate of drug-likeness (QED) is 0.855. The molecule has 1 amide bonds. The summed E-state index contributed by atoms with van der Waals surface area (Å²) >= 11 is 0. The number of hydrogen-bond acceptors (Lipinski definition) is 3. The maximum Gasteiger partial charge on any atom is 0.254 e. The highest BCUT2D eigenvalue weighted by Gasteiger charge is 2.29. The molecule has 0 bridgehead atoms. The Morgan fingerprint density at radius 1 is 1.12 bits per heavy atom. The Hall–Kier alpha value is -2.20. The first kappa shape index (κ1) is 17.2. The molecule has 2 heterocycles. The molecule has 1 unspecified atom stereocenters. The van der Waals surface area contributed by atoms with Crippen LogP contribution in [0.2, 0.25) is 0 Å². The normalized spacial score (nSPS) is 20.7. The fraction of sp³-hybridized carbons (Fsp3) is 0.455. The van der Waals surface area contributed by atoms with E-state index in [2.05, 4.69) is 41.1 Å². The van der Waals surface area contributed by atoms with Crippen LogP contribution in [0.3, 0.4) is 0 Å². The van der Waals surface area contributed by atoms with E-state index >= 15 is 0 Å². The second-order valence-electron chi connectivity index (χ2n) is 7.38. The Morgan fingerprint density at radius 3 is 2.65 bits per heavy atom. The predicted octanol–water partition coefficient (Wildman–Crippen LogP) is 2.96. The molecule has 1 aromatic heterocycles. The molecule has 0 spiro atoms. The van der Waals surface area contributed by atoms with E-state index in [1.165, 1.54) is 24.0 Å². The minimum atomic E-state index is 0.149. The van der Waals surface area contributed by atoms with E-state index in [1.54, 1.807) is 6.20 Å². The SMILES string of the molecule is CCc1cc(C(=O)N2CCN(C3CCc4ccccc4C3)CC2)ccn1. The van der Waals surface area contributed by atoms with E-state index in [0.717, 1.165) is 50.3 Å². The first-order valence-corrected chi connectivity index (χ1v) is 9.79. The minimum absolute atomic E-state index is 0.149. The van der Waals surface area contributed by atoms with E-state index in [9.17, 15) is 4.79 Å². The second-order valence-corrected chi connectivity index (χ2v) is 7.38. The summed E-state index contributed by atoms with van der Waals surface area (Å²) in [6.45, 7) is 5.66. The van der Waals surface area contributed by atoms with Gasteiger partial charge in [0.05, 0.1) is 0 Å². The molecule has 1 saturated heterocycles.